The maximum atomic E-state index is 4.38. The van der Waals surface area contributed by atoms with Crippen molar-refractivity contribution in [1.82, 2.24) is 20.3 Å². The molecule has 4 nitrogen and oxygen atoms in total. The van der Waals surface area contributed by atoms with E-state index in [1.807, 2.05) is 12.4 Å². The van der Waals surface area contributed by atoms with Gasteiger partial charge in [-0.05, 0) is 6.42 Å². The number of thiazole rings is 1. The van der Waals surface area contributed by atoms with E-state index >= 15 is 0 Å². The van der Waals surface area contributed by atoms with Crippen LogP contribution >= 0.6 is 11.3 Å². The molecule has 2 rings (SSSR count). The van der Waals surface area contributed by atoms with Gasteiger partial charge in [0.15, 0.2) is 0 Å². The molecule has 0 aliphatic rings. The number of H-pyrrole nitrogens is 1. The number of aryl methyl sites for hydroxylation is 1. The second kappa shape index (κ2) is 5.77. The maximum Gasteiger partial charge on any atom is 0.120 e. The molecular weight excluding hydrogens is 220 g/mol. The Labute approximate surface area is 99.2 Å². The van der Waals surface area contributed by atoms with Crippen molar-refractivity contribution in [1.29, 1.82) is 0 Å². The molecule has 0 aromatic carbocycles. The highest BCUT2D eigenvalue weighted by atomic mass is 32.1. The zero-order valence-corrected chi connectivity index (χ0v) is 10.2. The second-order valence-electron chi connectivity index (χ2n) is 3.54. The lowest BCUT2D eigenvalue weighted by molar-refractivity contribution is 0.663. The zero-order valence-electron chi connectivity index (χ0n) is 9.36. The number of nitrogens with zero attached hydrogens (tertiary/aromatic N) is 2. The van der Waals surface area contributed by atoms with Crippen LogP contribution in [0, 0.1) is 0 Å². The summed E-state index contributed by atoms with van der Waals surface area (Å²) in [5.74, 6) is 0.980. The van der Waals surface area contributed by atoms with Gasteiger partial charge < -0.3 is 10.3 Å². The van der Waals surface area contributed by atoms with Gasteiger partial charge in [-0.3, -0.25) is 0 Å². The molecular formula is C11H16N4S. The average Bonchev–Trinajstić information content (AvgIpc) is 2.95. The first-order valence-corrected chi connectivity index (χ1v) is 6.32. The maximum absolute atomic E-state index is 4.38. The van der Waals surface area contributed by atoms with E-state index < -0.39 is 0 Å². The predicted molar refractivity (Wildman–Crippen MR) is 65.5 cm³/mol. The van der Waals surface area contributed by atoms with Gasteiger partial charge in [0, 0.05) is 36.4 Å². The third-order valence-corrected chi connectivity index (χ3v) is 3.51. The fourth-order valence-electron chi connectivity index (χ4n) is 1.42. The minimum absolute atomic E-state index is 0.791. The Bertz CT molecular complexity index is 407. The van der Waals surface area contributed by atoms with E-state index in [-0.39, 0.29) is 0 Å². The minimum atomic E-state index is 0.791. The van der Waals surface area contributed by atoms with Gasteiger partial charge in [0.1, 0.15) is 5.82 Å². The van der Waals surface area contributed by atoms with Crippen LogP contribution in [-0.2, 0) is 19.4 Å². The molecule has 2 aromatic rings. The van der Waals surface area contributed by atoms with E-state index in [9.17, 15) is 0 Å². The van der Waals surface area contributed by atoms with Crippen molar-refractivity contribution in [2.24, 2.45) is 0 Å². The summed E-state index contributed by atoms with van der Waals surface area (Å²) in [5.41, 5.74) is 0. The third kappa shape index (κ3) is 3.15. The molecule has 0 amide bonds. The van der Waals surface area contributed by atoms with E-state index in [2.05, 4.69) is 27.2 Å². The molecule has 2 aromatic heterocycles. The molecule has 0 unspecified atom stereocenters. The highest BCUT2D eigenvalue weighted by Crippen LogP contribution is 2.13. The van der Waals surface area contributed by atoms with E-state index in [0.717, 1.165) is 31.8 Å². The first kappa shape index (κ1) is 11.3. The summed E-state index contributed by atoms with van der Waals surface area (Å²) in [7, 11) is 0. The SMILES string of the molecule is CCc1cnc(CCNCc2ncc[nH]2)s1. The molecule has 0 aliphatic heterocycles. The van der Waals surface area contributed by atoms with Crippen LogP contribution in [0.25, 0.3) is 0 Å². The number of aromatic amines is 1. The second-order valence-corrected chi connectivity index (χ2v) is 4.74. The third-order valence-electron chi connectivity index (χ3n) is 2.31. The summed E-state index contributed by atoms with van der Waals surface area (Å²) in [5, 5.41) is 4.55. The van der Waals surface area contributed by atoms with Gasteiger partial charge in [-0.15, -0.1) is 11.3 Å². The Hall–Kier alpha value is -1.20. The first-order valence-electron chi connectivity index (χ1n) is 5.51. The number of imidazole rings is 1. The molecule has 16 heavy (non-hydrogen) atoms. The Morgan fingerprint density at radius 3 is 3.06 bits per heavy atom. The van der Waals surface area contributed by atoms with Crippen LogP contribution in [0.5, 0.6) is 0 Å². The van der Waals surface area contributed by atoms with Gasteiger partial charge in [0.2, 0.25) is 0 Å². The zero-order chi connectivity index (χ0) is 11.2. The fourth-order valence-corrected chi connectivity index (χ4v) is 2.29. The van der Waals surface area contributed by atoms with Crippen molar-refractivity contribution in [3.63, 3.8) is 0 Å². The number of aromatic nitrogens is 3. The molecule has 0 spiro atoms. The van der Waals surface area contributed by atoms with E-state index in [4.69, 9.17) is 0 Å². The summed E-state index contributed by atoms with van der Waals surface area (Å²) in [6.45, 7) is 3.89. The van der Waals surface area contributed by atoms with Crippen LogP contribution < -0.4 is 5.32 Å². The van der Waals surface area contributed by atoms with Crippen LogP contribution in [-0.4, -0.2) is 21.5 Å². The molecule has 2 N–H and O–H groups in total. The van der Waals surface area contributed by atoms with Gasteiger partial charge in [0.05, 0.1) is 11.6 Å². The van der Waals surface area contributed by atoms with Crippen LogP contribution in [0.4, 0.5) is 0 Å². The molecule has 86 valence electrons. The summed E-state index contributed by atoms with van der Waals surface area (Å²) >= 11 is 1.81. The van der Waals surface area contributed by atoms with Crippen molar-refractivity contribution >= 4 is 11.3 Å². The monoisotopic (exact) mass is 236 g/mol. The molecule has 0 saturated carbocycles. The molecule has 0 fully saturated rings. The van der Waals surface area contributed by atoms with Crippen LogP contribution in [0.15, 0.2) is 18.6 Å². The Kier molecular flexibility index (Phi) is 4.07. The van der Waals surface area contributed by atoms with Crippen molar-refractivity contribution in [2.45, 2.75) is 26.3 Å². The van der Waals surface area contributed by atoms with Crippen molar-refractivity contribution < 1.29 is 0 Å². The summed E-state index contributed by atoms with van der Waals surface area (Å²) < 4.78 is 0. The lowest BCUT2D eigenvalue weighted by Gasteiger charge is -1.99. The molecule has 0 saturated heterocycles. The number of nitrogens with one attached hydrogen (secondary N) is 2. The standard InChI is InChI=1S/C11H16N4S/c1-2-9-7-15-11(16-9)3-4-12-8-10-13-5-6-14-10/h5-7,12H,2-4,8H2,1H3,(H,13,14). The normalized spacial score (nSPS) is 10.8. The summed E-state index contributed by atoms with van der Waals surface area (Å²) in [6.07, 6.45) is 7.66. The Morgan fingerprint density at radius 1 is 1.44 bits per heavy atom. The van der Waals surface area contributed by atoms with Crippen molar-refractivity contribution in [3.05, 3.63) is 34.3 Å². The number of hydrogen-bond acceptors (Lipinski definition) is 4. The van der Waals surface area contributed by atoms with Crippen LogP contribution in [0.2, 0.25) is 0 Å². The van der Waals surface area contributed by atoms with Gasteiger partial charge in [0.25, 0.3) is 0 Å². The lowest BCUT2D eigenvalue weighted by atomic mass is 10.4. The van der Waals surface area contributed by atoms with Crippen molar-refractivity contribution in [3.8, 4) is 0 Å². The van der Waals surface area contributed by atoms with Gasteiger partial charge in [-0.2, -0.15) is 0 Å². The fraction of sp³-hybridized carbons (Fsp3) is 0.455. The Morgan fingerprint density at radius 2 is 2.38 bits per heavy atom. The summed E-state index contributed by atoms with van der Waals surface area (Å²) in [6, 6.07) is 0. The highest BCUT2D eigenvalue weighted by Gasteiger charge is 2.00. The highest BCUT2D eigenvalue weighted by molar-refractivity contribution is 7.11. The molecule has 5 heteroatoms. The average molecular weight is 236 g/mol. The van der Waals surface area contributed by atoms with E-state index in [1.165, 1.54) is 9.88 Å². The Balaban J connectivity index is 1.68. The minimum Gasteiger partial charge on any atom is -0.348 e. The largest absolute Gasteiger partial charge is 0.348 e. The van der Waals surface area contributed by atoms with Crippen molar-refractivity contribution in [2.75, 3.05) is 6.54 Å². The summed E-state index contributed by atoms with van der Waals surface area (Å²) in [4.78, 5) is 12.9. The number of rotatable bonds is 6. The lowest BCUT2D eigenvalue weighted by Crippen LogP contribution is -2.17. The molecule has 2 heterocycles. The first-order chi connectivity index (χ1) is 7.88. The molecule has 0 radical (unpaired) electrons. The predicted octanol–water partition coefficient (Wildman–Crippen LogP) is 1.76. The smallest absolute Gasteiger partial charge is 0.120 e. The topological polar surface area (TPSA) is 53.6 Å². The van der Waals surface area contributed by atoms with Crippen LogP contribution in [0.1, 0.15) is 22.6 Å². The van der Waals surface area contributed by atoms with E-state index in [1.54, 1.807) is 17.5 Å². The van der Waals surface area contributed by atoms with E-state index in [0.29, 0.717) is 0 Å². The van der Waals surface area contributed by atoms with Gasteiger partial charge in [-0.1, -0.05) is 6.92 Å². The quantitative estimate of drug-likeness (QED) is 0.751. The van der Waals surface area contributed by atoms with Gasteiger partial charge >= 0.3 is 0 Å². The molecule has 0 atom stereocenters. The molecule has 0 aliphatic carbocycles. The number of hydrogen-bond donors (Lipinski definition) is 2. The molecule has 0 bridgehead atoms. The van der Waals surface area contributed by atoms with Gasteiger partial charge in [-0.25, -0.2) is 9.97 Å². The van der Waals surface area contributed by atoms with Crippen LogP contribution in [0.3, 0.4) is 0 Å².